The second-order valence-corrected chi connectivity index (χ2v) is 6.45. The van der Waals surface area contributed by atoms with Crippen LogP contribution in [0.5, 0.6) is 0 Å². The van der Waals surface area contributed by atoms with Gasteiger partial charge in [-0.1, -0.05) is 27.7 Å². The minimum atomic E-state index is -0.441. The molecule has 0 saturated carbocycles. The van der Waals surface area contributed by atoms with E-state index in [0.29, 0.717) is 13.1 Å². The highest BCUT2D eigenvalue weighted by Crippen LogP contribution is 2.29. The Morgan fingerprint density at radius 2 is 1.91 bits per heavy atom. The molecule has 1 rings (SSSR count). The van der Waals surface area contributed by atoms with E-state index in [0.717, 1.165) is 32.2 Å². The van der Waals surface area contributed by atoms with Crippen LogP contribution in [-0.2, 0) is 9.59 Å². The summed E-state index contributed by atoms with van der Waals surface area (Å²) >= 11 is 0. The van der Waals surface area contributed by atoms with Crippen LogP contribution in [0.15, 0.2) is 0 Å². The smallest absolute Gasteiger partial charge is 0.230 e. The highest BCUT2D eigenvalue weighted by molar-refractivity contribution is 5.85. The first-order valence-electron chi connectivity index (χ1n) is 8.20. The molecular formula is C16H32ClN3O2. The Morgan fingerprint density at radius 3 is 2.36 bits per heavy atom. The molecule has 0 aromatic carbocycles. The van der Waals surface area contributed by atoms with Gasteiger partial charge in [0.25, 0.3) is 0 Å². The first-order chi connectivity index (χ1) is 9.90. The molecule has 1 fully saturated rings. The average molecular weight is 334 g/mol. The maximum absolute atomic E-state index is 12.8. The average Bonchev–Trinajstić information content (AvgIpc) is 2.49. The highest BCUT2D eigenvalue weighted by Gasteiger charge is 2.38. The molecule has 1 aliphatic rings. The standard InChI is InChI=1S/C16H31N3O2.ClH/c1-5-16(6-2,11-17)15(21)19-9-7-8-13(10-19)18-14(20)12(3)4;/h12-13H,5-11,17H2,1-4H3,(H,18,20);1H. The quantitative estimate of drug-likeness (QED) is 0.780. The molecule has 0 aromatic rings. The fourth-order valence-corrected chi connectivity index (χ4v) is 2.91. The van der Waals surface area contributed by atoms with Gasteiger partial charge in [-0.05, 0) is 25.7 Å². The number of nitrogens with zero attached hydrogens (tertiary/aromatic N) is 1. The van der Waals surface area contributed by atoms with Gasteiger partial charge in [0.2, 0.25) is 11.8 Å². The van der Waals surface area contributed by atoms with Gasteiger partial charge in [-0.2, -0.15) is 0 Å². The number of carbonyl (C=O) groups is 2. The first kappa shape index (κ1) is 21.2. The molecular weight excluding hydrogens is 302 g/mol. The fourth-order valence-electron chi connectivity index (χ4n) is 2.91. The zero-order valence-corrected chi connectivity index (χ0v) is 15.2. The largest absolute Gasteiger partial charge is 0.351 e. The van der Waals surface area contributed by atoms with Crippen molar-refractivity contribution < 1.29 is 9.59 Å². The third-order valence-corrected chi connectivity index (χ3v) is 4.78. The normalized spacial score (nSPS) is 18.8. The van der Waals surface area contributed by atoms with Gasteiger partial charge < -0.3 is 16.0 Å². The maximum Gasteiger partial charge on any atom is 0.230 e. The summed E-state index contributed by atoms with van der Waals surface area (Å²) in [6.45, 7) is 9.59. The SMILES string of the molecule is CCC(CC)(CN)C(=O)N1CCCC(NC(=O)C(C)C)C1.Cl. The van der Waals surface area contributed by atoms with Gasteiger partial charge in [0.1, 0.15) is 0 Å². The summed E-state index contributed by atoms with van der Waals surface area (Å²) < 4.78 is 0. The van der Waals surface area contributed by atoms with Gasteiger partial charge in [-0.3, -0.25) is 9.59 Å². The molecule has 0 bridgehead atoms. The molecule has 130 valence electrons. The Bertz CT molecular complexity index is 362. The topological polar surface area (TPSA) is 75.4 Å². The Hall–Kier alpha value is -0.810. The zero-order chi connectivity index (χ0) is 16.0. The molecule has 1 aliphatic heterocycles. The second kappa shape index (κ2) is 9.36. The van der Waals surface area contributed by atoms with Crippen molar-refractivity contribution in [2.45, 2.75) is 59.4 Å². The van der Waals surface area contributed by atoms with Crippen molar-refractivity contribution in [3.8, 4) is 0 Å². The van der Waals surface area contributed by atoms with Gasteiger partial charge in [0.05, 0.1) is 5.41 Å². The minimum Gasteiger partial charge on any atom is -0.351 e. The fraction of sp³-hybridized carbons (Fsp3) is 0.875. The van der Waals surface area contributed by atoms with Crippen LogP contribution in [0, 0.1) is 11.3 Å². The summed E-state index contributed by atoms with van der Waals surface area (Å²) in [5.41, 5.74) is 5.43. The van der Waals surface area contributed by atoms with Crippen LogP contribution in [0.25, 0.3) is 0 Å². The van der Waals surface area contributed by atoms with Gasteiger partial charge in [0, 0.05) is 31.6 Å². The van der Waals surface area contributed by atoms with Crippen LogP contribution in [0.3, 0.4) is 0 Å². The van der Waals surface area contributed by atoms with E-state index in [2.05, 4.69) is 5.32 Å². The van der Waals surface area contributed by atoms with E-state index in [4.69, 9.17) is 5.73 Å². The number of likely N-dealkylation sites (tertiary alicyclic amines) is 1. The van der Waals surface area contributed by atoms with Crippen LogP contribution in [0.2, 0.25) is 0 Å². The maximum atomic E-state index is 12.8. The number of rotatable bonds is 6. The Labute approximate surface area is 140 Å². The molecule has 2 amide bonds. The summed E-state index contributed by atoms with van der Waals surface area (Å²) in [7, 11) is 0. The summed E-state index contributed by atoms with van der Waals surface area (Å²) in [5.74, 6) is 0.189. The Morgan fingerprint density at radius 1 is 1.32 bits per heavy atom. The second-order valence-electron chi connectivity index (χ2n) is 6.45. The third kappa shape index (κ3) is 4.85. The van der Waals surface area contributed by atoms with Crippen LogP contribution in [0.1, 0.15) is 53.4 Å². The van der Waals surface area contributed by atoms with Crippen molar-refractivity contribution in [2.24, 2.45) is 17.1 Å². The van der Waals surface area contributed by atoms with Crippen LogP contribution >= 0.6 is 12.4 Å². The molecule has 22 heavy (non-hydrogen) atoms. The molecule has 1 unspecified atom stereocenters. The number of nitrogens with two attached hydrogens (primary N) is 1. The van der Waals surface area contributed by atoms with E-state index < -0.39 is 5.41 Å². The van der Waals surface area contributed by atoms with E-state index in [1.165, 1.54) is 0 Å². The van der Waals surface area contributed by atoms with Crippen molar-refractivity contribution in [2.75, 3.05) is 19.6 Å². The van der Waals surface area contributed by atoms with Gasteiger partial charge in [0.15, 0.2) is 0 Å². The number of amides is 2. The molecule has 5 nitrogen and oxygen atoms in total. The van der Waals surface area contributed by atoms with Crippen LogP contribution in [-0.4, -0.2) is 42.4 Å². The predicted molar refractivity (Wildman–Crippen MR) is 91.9 cm³/mol. The van der Waals surface area contributed by atoms with Crippen molar-refractivity contribution >= 4 is 24.2 Å². The monoisotopic (exact) mass is 333 g/mol. The molecule has 3 N–H and O–H groups in total. The Balaban J connectivity index is 0.00000441. The van der Waals surface area contributed by atoms with E-state index in [9.17, 15) is 9.59 Å². The number of carbonyl (C=O) groups excluding carboxylic acids is 2. The summed E-state index contributed by atoms with van der Waals surface area (Å²) in [4.78, 5) is 26.5. The van der Waals surface area contributed by atoms with E-state index >= 15 is 0 Å². The summed E-state index contributed by atoms with van der Waals surface area (Å²) in [5, 5.41) is 3.04. The van der Waals surface area contributed by atoms with Gasteiger partial charge >= 0.3 is 0 Å². The zero-order valence-electron chi connectivity index (χ0n) is 14.4. The molecule has 0 aromatic heterocycles. The van der Waals surface area contributed by atoms with E-state index in [-0.39, 0.29) is 36.2 Å². The molecule has 6 heteroatoms. The van der Waals surface area contributed by atoms with Gasteiger partial charge in [-0.25, -0.2) is 0 Å². The third-order valence-electron chi connectivity index (χ3n) is 4.78. The number of piperidine rings is 1. The summed E-state index contributed by atoms with van der Waals surface area (Å²) in [6.07, 6.45) is 3.40. The number of hydrogen-bond donors (Lipinski definition) is 2. The first-order valence-corrected chi connectivity index (χ1v) is 8.20. The molecule has 1 heterocycles. The van der Waals surface area contributed by atoms with Crippen LogP contribution < -0.4 is 11.1 Å². The van der Waals surface area contributed by atoms with Crippen molar-refractivity contribution in [1.29, 1.82) is 0 Å². The number of halogens is 1. The van der Waals surface area contributed by atoms with Crippen molar-refractivity contribution in [3.63, 3.8) is 0 Å². The number of hydrogen-bond acceptors (Lipinski definition) is 3. The highest BCUT2D eigenvalue weighted by atomic mass is 35.5. The van der Waals surface area contributed by atoms with Crippen LogP contribution in [0.4, 0.5) is 0 Å². The molecule has 0 spiro atoms. The van der Waals surface area contributed by atoms with E-state index in [1.807, 2.05) is 32.6 Å². The molecule has 1 atom stereocenters. The lowest BCUT2D eigenvalue weighted by atomic mass is 9.80. The summed E-state index contributed by atoms with van der Waals surface area (Å²) in [6, 6.07) is 0.0711. The van der Waals surface area contributed by atoms with E-state index in [1.54, 1.807) is 0 Å². The molecule has 0 aliphatic carbocycles. The van der Waals surface area contributed by atoms with Gasteiger partial charge in [-0.15, -0.1) is 12.4 Å². The van der Waals surface area contributed by atoms with Crippen molar-refractivity contribution in [1.82, 2.24) is 10.2 Å². The predicted octanol–water partition coefficient (Wildman–Crippen LogP) is 1.94. The number of nitrogens with one attached hydrogen (secondary N) is 1. The van der Waals surface area contributed by atoms with Crippen molar-refractivity contribution in [3.05, 3.63) is 0 Å². The minimum absolute atomic E-state index is 0. The molecule has 1 saturated heterocycles. The lowest BCUT2D eigenvalue weighted by molar-refractivity contribution is -0.144. The lowest BCUT2D eigenvalue weighted by Crippen LogP contribution is -2.55. The lowest BCUT2D eigenvalue weighted by Gasteiger charge is -2.40. The molecule has 0 radical (unpaired) electrons. The Kier molecular flexibility index (Phi) is 9.01.